The van der Waals surface area contributed by atoms with Crippen molar-refractivity contribution in [1.29, 1.82) is 0 Å². The van der Waals surface area contributed by atoms with Gasteiger partial charge < -0.3 is 0 Å². The Kier molecular flexibility index (Phi) is 4.31. The lowest BCUT2D eigenvalue weighted by Gasteiger charge is -1.96. The standard InChI is InChI=1S/C20H20N6/c1-13-5-3-7-15(11-13)19-21-17(23-25-19)9-10-18-22-20(26-24-18)16-8-4-6-14(2)12-16/h3-8,11-12H,9-10H2,1-2H3,(H,21,23,25)(H,22,24,26). The number of nitrogens with zero attached hydrogens (tertiary/aromatic N) is 4. The number of aryl methyl sites for hydroxylation is 4. The lowest BCUT2D eigenvalue weighted by Crippen LogP contribution is -1.96. The Morgan fingerprint density at radius 1 is 0.692 bits per heavy atom. The molecule has 0 unspecified atom stereocenters. The smallest absolute Gasteiger partial charge is 0.181 e. The van der Waals surface area contributed by atoms with E-state index in [1.807, 2.05) is 24.3 Å². The lowest BCUT2D eigenvalue weighted by molar-refractivity contribution is 0.814. The van der Waals surface area contributed by atoms with Gasteiger partial charge in [0, 0.05) is 24.0 Å². The van der Waals surface area contributed by atoms with Crippen LogP contribution < -0.4 is 0 Å². The molecule has 0 spiro atoms. The van der Waals surface area contributed by atoms with Gasteiger partial charge in [0.05, 0.1) is 0 Å². The van der Waals surface area contributed by atoms with E-state index in [1.54, 1.807) is 0 Å². The summed E-state index contributed by atoms with van der Waals surface area (Å²) in [6, 6.07) is 16.4. The van der Waals surface area contributed by atoms with Crippen molar-refractivity contribution in [2.45, 2.75) is 26.7 Å². The fourth-order valence-corrected chi connectivity index (χ4v) is 2.88. The molecule has 2 aromatic heterocycles. The quantitative estimate of drug-likeness (QED) is 0.579. The predicted molar refractivity (Wildman–Crippen MR) is 101 cm³/mol. The molecule has 0 fully saturated rings. The first-order valence-corrected chi connectivity index (χ1v) is 8.64. The number of nitrogens with one attached hydrogen (secondary N) is 2. The summed E-state index contributed by atoms with van der Waals surface area (Å²) in [5.74, 6) is 3.13. The third-order valence-electron chi connectivity index (χ3n) is 4.21. The van der Waals surface area contributed by atoms with E-state index in [9.17, 15) is 0 Å². The van der Waals surface area contributed by atoms with E-state index in [1.165, 1.54) is 11.1 Å². The average Bonchev–Trinajstić information content (AvgIpc) is 3.30. The molecular formula is C20H20N6. The van der Waals surface area contributed by atoms with E-state index in [4.69, 9.17) is 0 Å². The van der Waals surface area contributed by atoms with Crippen molar-refractivity contribution >= 4 is 0 Å². The van der Waals surface area contributed by atoms with E-state index < -0.39 is 0 Å². The third kappa shape index (κ3) is 3.54. The summed E-state index contributed by atoms with van der Waals surface area (Å²) in [5.41, 5.74) is 4.43. The van der Waals surface area contributed by atoms with Gasteiger partial charge in [-0.3, -0.25) is 10.2 Å². The Labute approximate surface area is 151 Å². The molecule has 4 rings (SSSR count). The fourth-order valence-electron chi connectivity index (χ4n) is 2.88. The first kappa shape index (κ1) is 16.2. The first-order valence-electron chi connectivity index (χ1n) is 8.64. The van der Waals surface area contributed by atoms with Gasteiger partial charge in [-0.25, -0.2) is 9.97 Å². The molecule has 0 saturated heterocycles. The summed E-state index contributed by atoms with van der Waals surface area (Å²) in [4.78, 5) is 9.17. The third-order valence-corrected chi connectivity index (χ3v) is 4.21. The molecule has 0 amide bonds. The molecule has 0 bridgehead atoms. The van der Waals surface area contributed by atoms with Crippen LogP contribution in [0.4, 0.5) is 0 Å². The zero-order valence-corrected chi connectivity index (χ0v) is 14.8. The van der Waals surface area contributed by atoms with Crippen LogP contribution in [-0.4, -0.2) is 30.4 Å². The molecule has 130 valence electrons. The number of aromatic amines is 2. The molecule has 0 radical (unpaired) electrons. The van der Waals surface area contributed by atoms with Crippen LogP contribution in [0.1, 0.15) is 22.8 Å². The second-order valence-electron chi connectivity index (χ2n) is 6.45. The Hall–Kier alpha value is -3.28. The second kappa shape index (κ2) is 6.92. The minimum atomic E-state index is 0.723. The van der Waals surface area contributed by atoms with Crippen LogP contribution in [0.3, 0.4) is 0 Å². The largest absolute Gasteiger partial charge is 0.263 e. The van der Waals surface area contributed by atoms with Gasteiger partial charge in [-0.1, -0.05) is 47.5 Å². The molecule has 2 aromatic carbocycles. The maximum absolute atomic E-state index is 4.58. The van der Waals surface area contributed by atoms with E-state index >= 15 is 0 Å². The number of benzene rings is 2. The van der Waals surface area contributed by atoms with E-state index in [0.717, 1.165) is 47.3 Å². The molecule has 26 heavy (non-hydrogen) atoms. The van der Waals surface area contributed by atoms with Crippen LogP contribution in [0.5, 0.6) is 0 Å². The molecule has 4 aromatic rings. The van der Waals surface area contributed by atoms with Gasteiger partial charge in [-0.15, -0.1) is 0 Å². The zero-order valence-electron chi connectivity index (χ0n) is 14.8. The minimum absolute atomic E-state index is 0.723. The van der Waals surface area contributed by atoms with Gasteiger partial charge in [0.15, 0.2) is 11.6 Å². The number of hydrogen-bond donors (Lipinski definition) is 2. The number of H-pyrrole nitrogens is 2. The summed E-state index contributed by atoms with van der Waals surface area (Å²) in [7, 11) is 0. The minimum Gasteiger partial charge on any atom is -0.263 e. The Morgan fingerprint density at radius 3 is 1.58 bits per heavy atom. The molecular weight excluding hydrogens is 324 g/mol. The van der Waals surface area contributed by atoms with Crippen molar-refractivity contribution in [3.8, 4) is 22.8 Å². The molecule has 0 saturated carbocycles. The number of aromatic nitrogens is 6. The first-order chi connectivity index (χ1) is 12.7. The molecule has 0 aliphatic heterocycles. The normalized spacial score (nSPS) is 11.0. The monoisotopic (exact) mass is 344 g/mol. The van der Waals surface area contributed by atoms with Crippen LogP contribution >= 0.6 is 0 Å². The van der Waals surface area contributed by atoms with E-state index in [0.29, 0.717) is 0 Å². The van der Waals surface area contributed by atoms with Crippen LogP contribution in [0.25, 0.3) is 22.8 Å². The van der Waals surface area contributed by atoms with Crippen LogP contribution in [-0.2, 0) is 12.8 Å². The topological polar surface area (TPSA) is 83.1 Å². The number of hydrogen-bond acceptors (Lipinski definition) is 4. The maximum Gasteiger partial charge on any atom is 0.181 e. The molecule has 0 aliphatic carbocycles. The van der Waals surface area contributed by atoms with Crippen LogP contribution in [0, 0.1) is 13.8 Å². The summed E-state index contributed by atoms with van der Waals surface area (Å²) in [5, 5.41) is 14.7. The Balaban J connectivity index is 1.44. The molecule has 2 heterocycles. The predicted octanol–water partition coefficient (Wildman–Crippen LogP) is 3.66. The summed E-state index contributed by atoms with van der Waals surface area (Å²) < 4.78 is 0. The van der Waals surface area contributed by atoms with Crippen molar-refractivity contribution in [2.24, 2.45) is 0 Å². The van der Waals surface area contributed by atoms with Gasteiger partial charge in [-0.05, 0) is 26.0 Å². The molecule has 6 nitrogen and oxygen atoms in total. The molecule has 6 heteroatoms. The van der Waals surface area contributed by atoms with Crippen molar-refractivity contribution in [1.82, 2.24) is 30.4 Å². The van der Waals surface area contributed by atoms with Gasteiger partial charge in [-0.2, -0.15) is 10.2 Å². The van der Waals surface area contributed by atoms with Gasteiger partial charge in [0.2, 0.25) is 0 Å². The summed E-state index contributed by atoms with van der Waals surface area (Å²) in [6.45, 7) is 4.12. The van der Waals surface area contributed by atoms with Crippen molar-refractivity contribution in [2.75, 3.05) is 0 Å². The molecule has 0 aliphatic rings. The fraction of sp³-hybridized carbons (Fsp3) is 0.200. The van der Waals surface area contributed by atoms with Crippen LogP contribution in [0.15, 0.2) is 48.5 Å². The van der Waals surface area contributed by atoms with Gasteiger partial charge in [0.25, 0.3) is 0 Å². The molecule has 2 N–H and O–H groups in total. The van der Waals surface area contributed by atoms with E-state index in [-0.39, 0.29) is 0 Å². The van der Waals surface area contributed by atoms with Crippen molar-refractivity contribution in [3.05, 3.63) is 71.3 Å². The summed E-state index contributed by atoms with van der Waals surface area (Å²) in [6.07, 6.45) is 1.45. The van der Waals surface area contributed by atoms with Gasteiger partial charge >= 0.3 is 0 Å². The SMILES string of the molecule is Cc1cccc(-c2n[nH]c(CCc3nc(-c4cccc(C)c4)n[nH]3)n2)c1. The highest BCUT2D eigenvalue weighted by Crippen LogP contribution is 2.18. The zero-order chi connectivity index (χ0) is 17.9. The van der Waals surface area contributed by atoms with Crippen LogP contribution in [0.2, 0.25) is 0 Å². The van der Waals surface area contributed by atoms with Crippen molar-refractivity contribution < 1.29 is 0 Å². The van der Waals surface area contributed by atoms with E-state index in [2.05, 4.69) is 68.5 Å². The highest BCUT2D eigenvalue weighted by Gasteiger charge is 2.09. The highest BCUT2D eigenvalue weighted by atomic mass is 15.2. The average molecular weight is 344 g/mol. The lowest BCUT2D eigenvalue weighted by atomic mass is 10.1. The van der Waals surface area contributed by atoms with Gasteiger partial charge in [0.1, 0.15) is 11.6 Å². The number of rotatable bonds is 5. The van der Waals surface area contributed by atoms with Crippen molar-refractivity contribution in [3.63, 3.8) is 0 Å². The second-order valence-corrected chi connectivity index (χ2v) is 6.45. The summed E-state index contributed by atoms with van der Waals surface area (Å²) >= 11 is 0. The molecule has 0 atom stereocenters. The Bertz CT molecular complexity index is 946. The maximum atomic E-state index is 4.58. The Morgan fingerprint density at radius 2 is 1.15 bits per heavy atom. The highest BCUT2D eigenvalue weighted by molar-refractivity contribution is 5.56.